The van der Waals surface area contributed by atoms with Gasteiger partial charge < -0.3 is 44.8 Å². The minimum atomic E-state index is -1.72. The number of hydrogen-bond donors (Lipinski definition) is 6. The summed E-state index contributed by atoms with van der Waals surface area (Å²) < 4.78 is 29.0. The Morgan fingerprint density at radius 3 is 2.04 bits per heavy atom. The first-order chi connectivity index (χ1) is 11.7. The van der Waals surface area contributed by atoms with Crippen LogP contribution >= 0.6 is 0 Å². The van der Waals surface area contributed by atoms with Gasteiger partial charge in [0.1, 0.15) is 55.5 Å². The van der Waals surface area contributed by atoms with Crippen LogP contribution in [0.4, 0.5) is 4.39 Å². The van der Waals surface area contributed by atoms with Crippen molar-refractivity contribution in [3.05, 3.63) is 0 Å². The van der Waals surface area contributed by atoms with E-state index in [2.05, 4.69) is 0 Å². The number of rotatable bonds is 5. The van der Waals surface area contributed by atoms with E-state index >= 15 is 0 Å². The Morgan fingerprint density at radius 1 is 0.880 bits per heavy atom. The van der Waals surface area contributed by atoms with Crippen LogP contribution in [-0.4, -0.2) is 105 Å². The highest BCUT2D eigenvalue weighted by Gasteiger charge is 2.50. The summed E-state index contributed by atoms with van der Waals surface area (Å²) >= 11 is 0. The highest BCUT2D eigenvalue weighted by molar-refractivity contribution is 4.96. The van der Waals surface area contributed by atoms with E-state index in [0.717, 1.165) is 0 Å². The molecule has 0 amide bonds. The Bertz CT molecular complexity index is 422. The Morgan fingerprint density at radius 2 is 1.52 bits per heavy atom. The van der Waals surface area contributed by atoms with Gasteiger partial charge in [0.15, 0.2) is 6.29 Å². The minimum absolute atomic E-state index is 0.149. The van der Waals surface area contributed by atoms with E-state index in [1.807, 2.05) is 0 Å². The van der Waals surface area contributed by atoms with Gasteiger partial charge in [-0.2, -0.15) is 0 Å². The van der Waals surface area contributed by atoms with Gasteiger partial charge in [-0.1, -0.05) is 13.8 Å². The minimum Gasteiger partial charge on any atom is -0.394 e. The average Bonchev–Trinajstić information content (AvgIpc) is 2.58. The number of hydrogen-bond acceptors (Lipinski definition) is 9. The SMILES string of the molecule is CC(C)[C@@H]1OC(CO)[C@@H](O[C@H]2OC(C[18F])[C@@H](O)[C@H](O)C2O)[C@H](O)C1O. The van der Waals surface area contributed by atoms with Gasteiger partial charge in [0, 0.05) is 0 Å². The average molecular weight is 369 g/mol. The maximum absolute atomic E-state index is 12.9. The molecule has 2 saturated heterocycles. The largest absolute Gasteiger partial charge is 0.394 e. The first kappa shape index (κ1) is 20.9. The number of aliphatic hydroxyl groups excluding tert-OH is 6. The summed E-state index contributed by atoms with van der Waals surface area (Å²) in [5.41, 5.74) is 0. The van der Waals surface area contributed by atoms with Crippen LogP contribution in [0.1, 0.15) is 13.8 Å². The van der Waals surface area contributed by atoms with Crippen LogP contribution in [0, 0.1) is 5.92 Å². The second-order valence-corrected chi connectivity index (χ2v) is 6.82. The molecule has 25 heavy (non-hydrogen) atoms. The van der Waals surface area contributed by atoms with E-state index in [1.54, 1.807) is 13.8 Å². The third kappa shape index (κ3) is 4.12. The fraction of sp³-hybridized carbons (Fsp3) is 1.00. The molecule has 2 fully saturated rings. The lowest BCUT2D eigenvalue weighted by Gasteiger charge is -2.46. The molecular weight excluding hydrogens is 342 g/mol. The quantitative estimate of drug-likeness (QED) is 0.304. The van der Waals surface area contributed by atoms with Crippen LogP contribution in [0.2, 0.25) is 0 Å². The second kappa shape index (κ2) is 8.51. The van der Waals surface area contributed by atoms with Crippen LogP contribution in [0.25, 0.3) is 0 Å². The molecule has 0 radical (unpaired) electrons. The van der Waals surface area contributed by atoms with Crippen molar-refractivity contribution in [1.29, 1.82) is 0 Å². The predicted octanol–water partition coefficient (Wildman–Crippen LogP) is -2.71. The molecule has 2 heterocycles. The van der Waals surface area contributed by atoms with Crippen LogP contribution in [-0.2, 0) is 14.2 Å². The van der Waals surface area contributed by atoms with Crippen LogP contribution in [0.3, 0.4) is 0 Å². The lowest BCUT2D eigenvalue weighted by molar-refractivity contribution is -0.342. The summed E-state index contributed by atoms with van der Waals surface area (Å²) in [6.45, 7) is 1.87. The molecule has 9 nitrogen and oxygen atoms in total. The first-order valence-corrected chi connectivity index (χ1v) is 8.26. The van der Waals surface area contributed by atoms with Crippen LogP contribution in [0.5, 0.6) is 0 Å². The van der Waals surface area contributed by atoms with E-state index < -0.39 is 74.5 Å². The van der Waals surface area contributed by atoms with Crippen molar-refractivity contribution in [3.8, 4) is 0 Å². The molecule has 0 saturated carbocycles. The van der Waals surface area contributed by atoms with E-state index in [-0.39, 0.29) is 5.92 Å². The van der Waals surface area contributed by atoms with Gasteiger partial charge in [0.05, 0.1) is 12.7 Å². The zero-order valence-electron chi connectivity index (χ0n) is 14.1. The van der Waals surface area contributed by atoms with Crippen molar-refractivity contribution in [2.75, 3.05) is 13.3 Å². The molecule has 0 aromatic heterocycles. The molecule has 2 rings (SSSR count). The normalized spacial score (nSPS) is 48.7. The Balaban J connectivity index is 2.14. The maximum atomic E-state index is 12.9. The molecule has 0 aliphatic carbocycles. The third-order valence-electron chi connectivity index (χ3n) is 4.67. The lowest BCUT2D eigenvalue weighted by atomic mass is 9.89. The molecule has 0 spiro atoms. The predicted molar refractivity (Wildman–Crippen MR) is 80.1 cm³/mol. The zero-order chi connectivity index (χ0) is 18.9. The van der Waals surface area contributed by atoms with E-state index in [0.29, 0.717) is 0 Å². The standard InChI is InChI=1S/C15H27FO9/c1-5(2)13-10(20)11(21)14(7(4-17)23-13)25-15-12(22)9(19)8(18)6(3-16)24-15/h5-15,17-22H,3-4H2,1-2H3/t6?,7?,8-,9+,10?,11-,12?,13+,14-,15-/m1/s1/i16-1. The lowest BCUT2D eigenvalue weighted by Crippen LogP contribution is -2.64. The Hall–Kier alpha value is -0.430. The highest BCUT2D eigenvalue weighted by atomic mass is 18.2. The summed E-state index contributed by atoms with van der Waals surface area (Å²) in [4.78, 5) is 0. The molecule has 2 aliphatic rings. The maximum Gasteiger partial charge on any atom is 0.187 e. The molecule has 10 atom stereocenters. The molecule has 6 N–H and O–H groups in total. The van der Waals surface area contributed by atoms with Gasteiger partial charge in [0.25, 0.3) is 0 Å². The van der Waals surface area contributed by atoms with Gasteiger partial charge in [-0.15, -0.1) is 0 Å². The van der Waals surface area contributed by atoms with E-state index in [4.69, 9.17) is 14.2 Å². The molecule has 0 aromatic rings. The molecular formula is C15H27FO9. The van der Waals surface area contributed by atoms with Crippen LogP contribution in [0.15, 0.2) is 0 Å². The van der Waals surface area contributed by atoms with E-state index in [9.17, 15) is 35.0 Å². The van der Waals surface area contributed by atoms with Gasteiger partial charge in [-0.05, 0) is 5.92 Å². The van der Waals surface area contributed by atoms with Crippen molar-refractivity contribution in [1.82, 2.24) is 0 Å². The van der Waals surface area contributed by atoms with Crippen molar-refractivity contribution in [2.24, 2.45) is 5.92 Å². The van der Waals surface area contributed by atoms with Gasteiger partial charge in [0.2, 0.25) is 0 Å². The van der Waals surface area contributed by atoms with Crippen LogP contribution < -0.4 is 0 Å². The third-order valence-corrected chi connectivity index (χ3v) is 4.67. The summed E-state index contributed by atoms with van der Waals surface area (Å²) in [6.07, 6.45) is -13.9. The van der Waals surface area contributed by atoms with E-state index in [1.165, 1.54) is 0 Å². The number of halogens is 1. The smallest absolute Gasteiger partial charge is 0.187 e. The Labute approximate surface area is 144 Å². The second-order valence-electron chi connectivity index (χ2n) is 6.82. The van der Waals surface area contributed by atoms with Crippen molar-refractivity contribution < 1.29 is 49.2 Å². The monoisotopic (exact) mass is 369 g/mol. The van der Waals surface area contributed by atoms with Crippen molar-refractivity contribution in [3.63, 3.8) is 0 Å². The summed E-state index contributed by atoms with van der Waals surface area (Å²) in [5.74, 6) is -0.149. The molecule has 0 bridgehead atoms. The van der Waals surface area contributed by atoms with Gasteiger partial charge in [-0.3, -0.25) is 0 Å². The Kier molecular flexibility index (Phi) is 7.10. The summed E-state index contributed by atoms with van der Waals surface area (Å²) in [5, 5.41) is 59.4. The summed E-state index contributed by atoms with van der Waals surface area (Å²) in [7, 11) is 0. The number of aliphatic hydroxyl groups is 6. The molecule has 10 heteroatoms. The number of ether oxygens (including phenoxy) is 3. The topological polar surface area (TPSA) is 149 Å². The molecule has 2 aliphatic heterocycles. The molecule has 0 aromatic carbocycles. The van der Waals surface area contributed by atoms with Gasteiger partial charge in [-0.25, -0.2) is 4.39 Å². The highest BCUT2D eigenvalue weighted by Crippen LogP contribution is 2.31. The zero-order valence-corrected chi connectivity index (χ0v) is 14.1. The van der Waals surface area contributed by atoms with Gasteiger partial charge >= 0.3 is 0 Å². The molecule has 148 valence electrons. The fourth-order valence-corrected chi connectivity index (χ4v) is 3.15. The van der Waals surface area contributed by atoms with Crippen molar-refractivity contribution in [2.45, 2.75) is 75.1 Å². The van der Waals surface area contributed by atoms with Crippen molar-refractivity contribution >= 4 is 0 Å². The summed E-state index contributed by atoms with van der Waals surface area (Å²) in [6, 6.07) is 0. The number of alkyl halides is 1. The molecule has 4 unspecified atom stereocenters. The fourth-order valence-electron chi connectivity index (χ4n) is 3.15. The first-order valence-electron chi connectivity index (χ1n) is 8.26.